The topological polar surface area (TPSA) is 46.5 Å². The molecule has 0 aliphatic carbocycles. The molecule has 1 aromatic rings. The molecule has 72 valence electrons. The smallest absolute Gasteiger partial charge is 0.284 e. The molecule has 0 fully saturated rings. The summed E-state index contributed by atoms with van der Waals surface area (Å²) in [6.45, 7) is -0.240. The molecular formula is C7H6BrFO3S. The minimum atomic E-state index is -2.37. The van der Waals surface area contributed by atoms with Crippen LogP contribution in [-0.4, -0.2) is 8.76 Å². The van der Waals surface area contributed by atoms with Crippen molar-refractivity contribution in [3.63, 3.8) is 0 Å². The van der Waals surface area contributed by atoms with Crippen LogP contribution in [-0.2, 0) is 22.2 Å². The van der Waals surface area contributed by atoms with E-state index in [9.17, 15) is 8.60 Å². The number of rotatable bonds is 3. The van der Waals surface area contributed by atoms with E-state index in [1.807, 2.05) is 0 Å². The lowest BCUT2D eigenvalue weighted by molar-refractivity contribution is 0.291. The zero-order valence-electron chi connectivity index (χ0n) is 6.37. The molecule has 1 atom stereocenters. The van der Waals surface area contributed by atoms with E-state index in [2.05, 4.69) is 20.1 Å². The number of hydrogen-bond donors (Lipinski definition) is 1. The van der Waals surface area contributed by atoms with Crippen LogP contribution in [0.15, 0.2) is 22.7 Å². The molecular weight excluding hydrogens is 263 g/mol. The SMILES string of the molecule is O=S(O)OCc1c(F)cccc1Br. The largest absolute Gasteiger partial charge is 0.302 e. The average Bonchev–Trinajstić information content (AvgIpc) is 2.03. The van der Waals surface area contributed by atoms with Gasteiger partial charge in [0.1, 0.15) is 5.82 Å². The van der Waals surface area contributed by atoms with Crippen molar-refractivity contribution in [2.45, 2.75) is 6.61 Å². The van der Waals surface area contributed by atoms with E-state index < -0.39 is 17.2 Å². The highest BCUT2D eigenvalue weighted by molar-refractivity contribution is 9.10. The minimum absolute atomic E-state index is 0.227. The third-order valence-corrected chi connectivity index (χ3v) is 2.43. The van der Waals surface area contributed by atoms with Crippen LogP contribution in [0.25, 0.3) is 0 Å². The van der Waals surface area contributed by atoms with Gasteiger partial charge in [0.05, 0.1) is 6.61 Å². The third kappa shape index (κ3) is 3.15. The first-order chi connectivity index (χ1) is 6.11. The fraction of sp³-hybridized carbons (Fsp3) is 0.143. The van der Waals surface area contributed by atoms with Crippen LogP contribution >= 0.6 is 15.9 Å². The monoisotopic (exact) mass is 268 g/mol. The Bertz CT molecular complexity index is 311. The van der Waals surface area contributed by atoms with Crippen LogP contribution in [0, 0.1) is 5.82 Å². The molecule has 0 saturated heterocycles. The molecule has 0 aliphatic heterocycles. The van der Waals surface area contributed by atoms with E-state index in [4.69, 9.17) is 4.55 Å². The number of benzene rings is 1. The quantitative estimate of drug-likeness (QED) is 0.856. The standard InChI is InChI=1S/C7H6BrFO3S/c8-6-2-1-3-7(9)5(6)4-12-13(10)11/h1-3H,4H2,(H,10,11). The van der Waals surface area contributed by atoms with E-state index in [0.717, 1.165) is 0 Å². The van der Waals surface area contributed by atoms with E-state index in [0.29, 0.717) is 4.47 Å². The van der Waals surface area contributed by atoms with Crippen LogP contribution in [0.3, 0.4) is 0 Å². The lowest BCUT2D eigenvalue weighted by Gasteiger charge is -2.03. The number of hydrogen-bond acceptors (Lipinski definition) is 2. The van der Waals surface area contributed by atoms with Crippen LogP contribution in [0.1, 0.15) is 5.56 Å². The van der Waals surface area contributed by atoms with Gasteiger partial charge < -0.3 is 0 Å². The maximum absolute atomic E-state index is 13.0. The minimum Gasteiger partial charge on any atom is -0.284 e. The van der Waals surface area contributed by atoms with Crippen molar-refractivity contribution in [3.05, 3.63) is 34.1 Å². The molecule has 6 heteroatoms. The predicted octanol–water partition coefficient (Wildman–Crippen LogP) is 2.24. The third-order valence-electron chi connectivity index (χ3n) is 1.37. The molecule has 0 aliphatic rings. The van der Waals surface area contributed by atoms with E-state index in [1.54, 1.807) is 6.07 Å². The lowest BCUT2D eigenvalue weighted by atomic mass is 10.2. The molecule has 0 spiro atoms. The van der Waals surface area contributed by atoms with Gasteiger partial charge in [-0.2, -0.15) is 4.21 Å². The van der Waals surface area contributed by atoms with Crippen molar-refractivity contribution >= 4 is 27.3 Å². The van der Waals surface area contributed by atoms with Gasteiger partial charge in [0.25, 0.3) is 0 Å². The molecule has 0 bridgehead atoms. The fourth-order valence-corrected chi connectivity index (χ4v) is 1.45. The second-order valence-electron chi connectivity index (χ2n) is 2.18. The Morgan fingerprint density at radius 3 is 2.85 bits per heavy atom. The summed E-state index contributed by atoms with van der Waals surface area (Å²) in [5.41, 5.74) is 0.227. The van der Waals surface area contributed by atoms with Gasteiger partial charge in [0, 0.05) is 10.0 Å². The fourth-order valence-electron chi connectivity index (χ4n) is 0.780. The Kier molecular flexibility index (Phi) is 3.98. The molecule has 0 amide bonds. The van der Waals surface area contributed by atoms with Gasteiger partial charge in [-0.05, 0) is 12.1 Å². The molecule has 13 heavy (non-hydrogen) atoms. The Balaban J connectivity index is 2.81. The molecule has 1 rings (SSSR count). The Labute approximate surface area is 85.5 Å². The van der Waals surface area contributed by atoms with Crippen molar-refractivity contribution in [2.75, 3.05) is 0 Å². The van der Waals surface area contributed by atoms with Crippen molar-refractivity contribution < 1.29 is 17.3 Å². The van der Waals surface area contributed by atoms with Crippen LogP contribution < -0.4 is 0 Å². The van der Waals surface area contributed by atoms with Gasteiger partial charge in [-0.25, -0.2) is 4.39 Å². The summed E-state index contributed by atoms with van der Waals surface area (Å²) < 4.78 is 36.3. The molecule has 1 aromatic carbocycles. The summed E-state index contributed by atoms with van der Waals surface area (Å²) in [7, 11) is 0. The highest BCUT2D eigenvalue weighted by Gasteiger charge is 2.07. The summed E-state index contributed by atoms with van der Waals surface area (Å²) in [6, 6.07) is 4.41. The van der Waals surface area contributed by atoms with Crippen molar-refractivity contribution in [1.29, 1.82) is 0 Å². The Morgan fingerprint density at radius 2 is 2.31 bits per heavy atom. The summed E-state index contributed by atoms with van der Waals surface area (Å²) in [4.78, 5) is 0. The molecule has 0 heterocycles. The highest BCUT2D eigenvalue weighted by atomic mass is 79.9. The van der Waals surface area contributed by atoms with Crippen molar-refractivity contribution in [2.24, 2.45) is 0 Å². The number of halogens is 2. The summed E-state index contributed by atoms with van der Waals surface area (Å²) >= 11 is 0.727. The van der Waals surface area contributed by atoms with Gasteiger partial charge in [-0.1, -0.05) is 22.0 Å². The normalized spacial score (nSPS) is 12.8. The first-order valence-corrected chi connectivity index (χ1v) is 5.10. The first-order valence-electron chi connectivity index (χ1n) is 3.28. The second-order valence-corrected chi connectivity index (χ2v) is 3.70. The lowest BCUT2D eigenvalue weighted by Crippen LogP contribution is -1.99. The van der Waals surface area contributed by atoms with Gasteiger partial charge in [0.2, 0.25) is 0 Å². The van der Waals surface area contributed by atoms with E-state index in [1.165, 1.54) is 12.1 Å². The van der Waals surface area contributed by atoms with E-state index >= 15 is 0 Å². The highest BCUT2D eigenvalue weighted by Crippen LogP contribution is 2.20. The molecule has 1 unspecified atom stereocenters. The molecule has 3 nitrogen and oxygen atoms in total. The Morgan fingerprint density at radius 1 is 1.62 bits per heavy atom. The molecule has 1 N–H and O–H groups in total. The zero-order valence-corrected chi connectivity index (χ0v) is 8.77. The zero-order chi connectivity index (χ0) is 9.84. The van der Waals surface area contributed by atoms with Crippen molar-refractivity contribution in [1.82, 2.24) is 0 Å². The Hall–Kier alpha value is -0.300. The molecule has 0 aromatic heterocycles. The average molecular weight is 269 g/mol. The van der Waals surface area contributed by atoms with Gasteiger partial charge in [-0.15, -0.1) is 0 Å². The van der Waals surface area contributed by atoms with Crippen molar-refractivity contribution in [3.8, 4) is 0 Å². The van der Waals surface area contributed by atoms with E-state index in [-0.39, 0.29) is 12.2 Å². The summed E-state index contributed by atoms with van der Waals surface area (Å²) in [5.74, 6) is -0.472. The van der Waals surface area contributed by atoms with Crippen LogP contribution in [0.5, 0.6) is 0 Å². The van der Waals surface area contributed by atoms with Crippen LogP contribution in [0.2, 0.25) is 0 Å². The van der Waals surface area contributed by atoms with Gasteiger partial charge in [0.15, 0.2) is 0 Å². The predicted molar refractivity (Wildman–Crippen MR) is 49.7 cm³/mol. The summed E-state index contributed by atoms with van der Waals surface area (Å²) in [6.07, 6.45) is 0. The maximum Gasteiger partial charge on any atom is 0.302 e. The van der Waals surface area contributed by atoms with Crippen LogP contribution in [0.4, 0.5) is 4.39 Å². The molecule has 0 radical (unpaired) electrons. The molecule has 0 saturated carbocycles. The maximum atomic E-state index is 13.0. The second kappa shape index (κ2) is 4.80. The summed E-state index contributed by atoms with van der Waals surface area (Å²) in [5, 5.41) is 0. The first kappa shape index (κ1) is 10.8. The van der Waals surface area contributed by atoms with Gasteiger partial charge in [-0.3, -0.25) is 8.74 Å². The van der Waals surface area contributed by atoms with Gasteiger partial charge >= 0.3 is 11.4 Å².